The number of anilines is 2. The molecule has 22 heavy (non-hydrogen) atoms. The molecule has 1 aromatic heterocycles. The maximum absolute atomic E-state index is 13.7. The van der Waals surface area contributed by atoms with E-state index in [4.69, 9.17) is 5.73 Å². The molecule has 0 bridgehead atoms. The lowest BCUT2D eigenvalue weighted by atomic mass is 10.1. The zero-order valence-corrected chi connectivity index (χ0v) is 11.9. The van der Waals surface area contributed by atoms with Crippen LogP contribution >= 0.6 is 0 Å². The summed E-state index contributed by atoms with van der Waals surface area (Å²) in [5, 5.41) is 9.22. The number of nitrogen functional groups attached to an aromatic ring is 1. The predicted octanol–water partition coefficient (Wildman–Crippen LogP) is 1.86. The molecule has 0 spiro atoms. The number of hydrogen-bond acceptors (Lipinski definition) is 6. The second-order valence-corrected chi connectivity index (χ2v) is 4.52. The van der Waals surface area contributed by atoms with E-state index in [0.717, 1.165) is 18.2 Å². The second-order valence-electron chi connectivity index (χ2n) is 4.52. The molecular weight excluding hydrogens is 290 g/mol. The van der Waals surface area contributed by atoms with Gasteiger partial charge in [0.25, 0.3) is 0 Å². The van der Waals surface area contributed by atoms with Gasteiger partial charge in [-0.25, -0.2) is 8.78 Å². The van der Waals surface area contributed by atoms with Gasteiger partial charge in [0, 0.05) is 19.7 Å². The van der Waals surface area contributed by atoms with E-state index in [9.17, 15) is 14.0 Å². The van der Waals surface area contributed by atoms with Crippen LogP contribution in [0.3, 0.4) is 0 Å². The average molecular weight is 302 g/mol. The van der Waals surface area contributed by atoms with Crippen molar-refractivity contribution in [3.05, 3.63) is 41.2 Å². The zero-order chi connectivity index (χ0) is 16.3. The summed E-state index contributed by atoms with van der Waals surface area (Å²) in [6.45, 7) is 0. The van der Waals surface area contributed by atoms with Crippen molar-refractivity contribution in [2.75, 3.05) is 24.7 Å². The number of nitrogens with two attached hydrogens (primary N) is 1. The number of aromatic nitrogens is 3. The minimum Gasteiger partial charge on any atom is -0.368 e. The van der Waals surface area contributed by atoms with Crippen LogP contribution < -0.4 is 10.6 Å². The predicted molar refractivity (Wildman–Crippen MR) is 78.4 cm³/mol. The van der Waals surface area contributed by atoms with Crippen LogP contribution in [0.5, 0.6) is 0 Å². The van der Waals surface area contributed by atoms with Gasteiger partial charge in [-0.1, -0.05) is 6.07 Å². The minimum atomic E-state index is -0.789. The SMILES string of the molecule is CN(C)c1nc(N)nc(C(C#N)=Cc2c(F)cccc2F)n1. The van der Waals surface area contributed by atoms with Crippen LogP contribution in [0.25, 0.3) is 11.6 Å². The van der Waals surface area contributed by atoms with Crippen LogP contribution in [-0.2, 0) is 0 Å². The van der Waals surface area contributed by atoms with Gasteiger partial charge in [0.15, 0.2) is 5.82 Å². The summed E-state index contributed by atoms with van der Waals surface area (Å²) in [5.74, 6) is -1.49. The van der Waals surface area contributed by atoms with E-state index in [1.165, 1.54) is 6.07 Å². The molecule has 0 saturated heterocycles. The van der Waals surface area contributed by atoms with Gasteiger partial charge in [0.2, 0.25) is 11.9 Å². The molecule has 8 heteroatoms. The molecule has 2 N–H and O–H groups in total. The summed E-state index contributed by atoms with van der Waals surface area (Å²) in [6, 6.07) is 5.24. The largest absolute Gasteiger partial charge is 0.368 e. The summed E-state index contributed by atoms with van der Waals surface area (Å²) in [5.41, 5.74) is 5.10. The van der Waals surface area contributed by atoms with E-state index in [2.05, 4.69) is 15.0 Å². The van der Waals surface area contributed by atoms with Gasteiger partial charge in [-0.3, -0.25) is 0 Å². The maximum Gasteiger partial charge on any atom is 0.230 e. The molecule has 112 valence electrons. The first-order valence-corrected chi connectivity index (χ1v) is 6.17. The van der Waals surface area contributed by atoms with Crippen LogP contribution in [0.4, 0.5) is 20.7 Å². The summed E-state index contributed by atoms with van der Waals surface area (Å²) >= 11 is 0. The molecule has 0 fully saturated rings. The van der Waals surface area contributed by atoms with Gasteiger partial charge < -0.3 is 10.6 Å². The number of nitrogens with zero attached hydrogens (tertiary/aromatic N) is 5. The van der Waals surface area contributed by atoms with Gasteiger partial charge in [-0.2, -0.15) is 20.2 Å². The number of nitriles is 1. The Hall–Kier alpha value is -3.08. The van der Waals surface area contributed by atoms with Gasteiger partial charge >= 0.3 is 0 Å². The summed E-state index contributed by atoms with van der Waals surface area (Å²) in [7, 11) is 3.37. The normalized spacial score (nSPS) is 11.1. The van der Waals surface area contributed by atoms with Gasteiger partial charge in [-0.05, 0) is 18.2 Å². The monoisotopic (exact) mass is 302 g/mol. The van der Waals surface area contributed by atoms with Crippen LogP contribution in [0, 0.1) is 23.0 Å². The molecule has 1 heterocycles. The number of hydrogen-bond donors (Lipinski definition) is 1. The molecule has 0 atom stereocenters. The van der Waals surface area contributed by atoms with Crippen LogP contribution in [0.1, 0.15) is 11.4 Å². The topological polar surface area (TPSA) is 91.7 Å². The molecule has 1 aromatic carbocycles. The highest BCUT2D eigenvalue weighted by atomic mass is 19.1. The summed E-state index contributed by atoms with van der Waals surface area (Å²) < 4.78 is 27.3. The molecule has 0 aliphatic rings. The highest BCUT2D eigenvalue weighted by molar-refractivity contribution is 5.87. The number of halogens is 2. The lowest BCUT2D eigenvalue weighted by Gasteiger charge is -2.11. The van der Waals surface area contributed by atoms with Crippen molar-refractivity contribution in [2.45, 2.75) is 0 Å². The molecule has 6 nitrogen and oxygen atoms in total. The number of rotatable bonds is 3. The molecule has 2 aromatic rings. The number of benzene rings is 1. The third kappa shape index (κ3) is 3.15. The van der Waals surface area contributed by atoms with Crippen molar-refractivity contribution >= 4 is 23.5 Å². The van der Waals surface area contributed by atoms with Gasteiger partial charge in [-0.15, -0.1) is 0 Å². The molecule has 0 amide bonds. The average Bonchev–Trinajstić information content (AvgIpc) is 2.46. The van der Waals surface area contributed by atoms with E-state index >= 15 is 0 Å². The Kier molecular flexibility index (Phi) is 4.27. The van der Waals surface area contributed by atoms with E-state index < -0.39 is 11.6 Å². The zero-order valence-electron chi connectivity index (χ0n) is 11.9. The van der Waals surface area contributed by atoms with E-state index in [0.29, 0.717) is 0 Å². The smallest absolute Gasteiger partial charge is 0.230 e. The van der Waals surface area contributed by atoms with Crippen molar-refractivity contribution < 1.29 is 8.78 Å². The summed E-state index contributed by atoms with van der Waals surface area (Å²) in [4.78, 5) is 13.3. The first-order chi connectivity index (χ1) is 10.4. The molecule has 2 rings (SSSR count). The molecular formula is C14H12F2N6. The molecule has 0 radical (unpaired) electrons. The Balaban J connectivity index is 2.58. The van der Waals surface area contributed by atoms with Gasteiger partial charge in [0.05, 0.1) is 5.57 Å². The van der Waals surface area contributed by atoms with Crippen molar-refractivity contribution in [2.24, 2.45) is 0 Å². The molecule has 0 aliphatic carbocycles. The lowest BCUT2D eigenvalue weighted by molar-refractivity contribution is 0.579. The highest BCUT2D eigenvalue weighted by Gasteiger charge is 2.13. The quantitative estimate of drug-likeness (QED) is 0.870. The Bertz CT molecular complexity index is 759. The van der Waals surface area contributed by atoms with Crippen molar-refractivity contribution in [3.8, 4) is 6.07 Å². The second kappa shape index (κ2) is 6.13. The van der Waals surface area contributed by atoms with Crippen LogP contribution in [-0.4, -0.2) is 29.0 Å². The van der Waals surface area contributed by atoms with Crippen molar-refractivity contribution in [1.29, 1.82) is 5.26 Å². The summed E-state index contributed by atoms with van der Waals surface area (Å²) in [6.07, 6.45) is 1.04. The molecule has 0 unspecified atom stereocenters. The fourth-order valence-electron chi connectivity index (χ4n) is 1.64. The fraction of sp³-hybridized carbons (Fsp3) is 0.143. The Labute approximate surface area is 125 Å². The standard InChI is InChI=1S/C14H12F2N6/c1-22(2)14-20-12(19-13(18)21-14)8(7-17)6-9-10(15)4-3-5-11(9)16/h3-6H,1-2H3,(H2,18,19,20,21). The Morgan fingerprint density at radius 1 is 1.23 bits per heavy atom. The first-order valence-electron chi connectivity index (χ1n) is 6.17. The lowest BCUT2D eigenvalue weighted by Crippen LogP contribution is -2.15. The fourth-order valence-corrected chi connectivity index (χ4v) is 1.64. The van der Waals surface area contributed by atoms with E-state index in [1.807, 2.05) is 6.07 Å². The number of allylic oxidation sites excluding steroid dienone is 1. The molecule has 0 saturated carbocycles. The van der Waals surface area contributed by atoms with Crippen molar-refractivity contribution in [3.63, 3.8) is 0 Å². The van der Waals surface area contributed by atoms with Crippen molar-refractivity contribution in [1.82, 2.24) is 15.0 Å². The van der Waals surface area contributed by atoms with Crippen LogP contribution in [0.15, 0.2) is 18.2 Å². The highest BCUT2D eigenvalue weighted by Crippen LogP contribution is 2.20. The van der Waals surface area contributed by atoms with Crippen LogP contribution in [0.2, 0.25) is 0 Å². The van der Waals surface area contributed by atoms with E-state index in [1.54, 1.807) is 19.0 Å². The minimum absolute atomic E-state index is 0.0543. The van der Waals surface area contributed by atoms with Gasteiger partial charge in [0.1, 0.15) is 17.7 Å². The third-order valence-corrected chi connectivity index (χ3v) is 2.69. The first kappa shape index (κ1) is 15.3. The molecule has 0 aliphatic heterocycles. The third-order valence-electron chi connectivity index (χ3n) is 2.69. The Morgan fingerprint density at radius 3 is 2.41 bits per heavy atom. The maximum atomic E-state index is 13.7. The Morgan fingerprint density at radius 2 is 1.86 bits per heavy atom. The van der Waals surface area contributed by atoms with E-state index in [-0.39, 0.29) is 28.9 Å².